The van der Waals surface area contributed by atoms with Crippen LogP contribution in [0.5, 0.6) is 0 Å². The van der Waals surface area contributed by atoms with E-state index in [-0.39, 0.29) is 0 Å². The van der Waals surface area contributed by atoms with Crippen LogP contribution in [0.15, 0.2) is 357 Å². The number of aromatic nitrogens is 6. The summed E-state index contributed by atoms with van der Waals surface area (Å²) in [5.74, 6) is 3.40. The van der Waals surface area contributed by atoms with Gasteiger partial charge in [0.1, 0.15) is 44.7 Å². The molecule has 0 fully saturated rings. The first kappa shape index (κ1) is 64.0. The highest BCUT2D eigenvalue weighted by Gasteiger charge is 2.27. The molecule has 530 valence electrons. The van der Waals surface area contributed by atoms with Crippen molar-refractivity contribution in [1.29, 1.82) is 0 Å². The minimum atomic E-state index is 0.528. The van der Waals surface area contributed by atoms with E-state index in [0.29, 0.717) is 40.5 Å². The van der Waals surface area contributed by atoms with E-state index in [1.165, 1.54) is 35.0 Å². The molecule has 24 rings (SSSR count). The van der Waals surface area contributed by atoms with Crippen molar-refractivity contribution in [2.75, 3.05) is 0 Å². The van der Waals surface area contributed by atoms with Gasteiger partial charge in [-0.25, -0.2) is 29.9 Å². The summed E-state index contributed by atoms with van der Waals surface area (Å²) >= 11 is 3.64. The van der Waals surface area contributed by atoms with Gasteiger partial charge in [0.2, 0.25) is 0 Å². The summed E-state index contributed by atoms with van der Waals surface area (Å²) in [6.07, 6.45) is 0. The minimum absolute atomic E-state index is 0.528. The third-order valence-corrected chi connectivity index (χ3v) is 24.8. The maximum absolute atomic E-state index is 7.10. The summed E-state index contributed by atoms with van der Waals surface area (Å²) in [6, 6.07) is 119. The Balaban J connectivity index is 0.596. The lowest BCUT2D eigenvalue weighted by atomic mass is 9.91. The summed E-state index contributed by atoms with van der Waals surface area (Å²) in [7, 11) is 0. The molecule has 8 heterocycles. The molecule has 0 aliphatic heterocycles. The normalized spacial score (nSPS) is 12.0. The number of fused-ring (bicyclic) bond motifs is 18. The van der Waals surface area contributed by atoms with Gasteiger partial charge in [-0.1, -0.05) is 243 Å². The third kappa shape index (κ3) is 10.2. The number of rotatable bonds is 11. The second-order valence-electron chi connectivity index (χ2n) is 29.0. The van der Waals surface area contributed by atoms with E-state index in [2.05, 4.69) is 224 Å². The Hall–Kier alpha value is -14.8. The highest BCUT2D eigenvalue weighted by molar-refractivity contribution is 7.26. The Morgan fingerprint density at radius 1 is 0.175 bits per heavy atom. The third-order valence-electron chi connectivity index (χ3n) is 22.4. The van der Waals surface area contributed by atoms with Gasteiger partial charge in [-0.15, -0.1) is 22.7 Å². The fraction of sp³-hybridized carbons (Fsp3) is 0. The van der Waals surface area contributed by atoms with Gasteiger partial charge in [-0.2, -0.15) is 0 Å². The van der Waals surface area contributed by atoms with E-state index in [9.17, 15) is 0 Å². The van der Waals surface area contributed by atoms with Gasteiger partial charge in [-0.05, 0) is 142 Å². The largest absolute Gasteiger partial charge is 0.456 e. The number of furan rings is 4. The second kappa shape index (κ2) is 25.4. The van der Waals surface area contributed by atoms with Crippen LogP contribution >= 0.6 is 22.7 Å². The summed E-state index contributed by atoms with van der Waals surface area (Å²) in [5, 5.41) is 13.0. The number of hydrogen-bond donors (Lipinski definition) is 0. The number of hydrogen-bond acceptors (Lipinski definition) is 12. The summed E-state index contributed by atoms with van der Waals surface area (Å²) in [6.45, 7) is 0. The SMILES string of the molecule is c1ccc(-c2nc(-c3cccc(-c4cccc5c4sc4cccc(-c6ccc(-c7cccc8oc9cc(-c%10nc(-c%11ccccc%11)nc(-c%11ccccc%11)n%10)ccc9c78)c7oc8ccccc8c67)c45)c3)nc(-c3ccc4c(c3)oc3cccc(-c5cc(-c6ccc7sc8ccccc8c7c6)cc6c5oc5ccccc56)c34)n2)cc1. The lowest BCUT2D eigenvalue weighted by Crippen LogP contribution is -2.00. The monoisotopic (exact) mass is 1490 g/mol. The molecule has 0 amide bonds. The van der Waals surface area contributed by atoms with Crippen LogP contribution < -0.4 is 0 Å². The molecule has 10 nitrogen and oxygen atoms in total. The Kier molecular flexibility index (Phi) is 14.3. The molecule has 0 aliphatic rings. The number of para-hydroxylation sites is 2. The lowest BCUT2D eigenvalue weighted by Gasteiger charge is -2.11. The zero-order chi connectivity index (χ0) is 74.6. The van der Waals surface area contributed by atoms with Crippen molar-refractivity contribution in [3.63, 3.8) is 0 Å². The average molecular weight is 1490 g/mol. The molecule has 0 aliphatic carbocycles. The first-order valence-corrected chi connectivity index (χ1v) is 39.6. The molecule has 0 bridgehead atoms. The summed E-state index contributed by atoms with van der Waals surface area (Å²) in [5.41, 5.74) is 22.0. The van der Waals surface area contributed by atoms with Gasteiger partial charge in [0.15, 0.2) is 34.9 Å². The standard InChI is InChI=1S/C102H56N6O4S2/c1-4-21-57(22-5-1)97-103-98(58-23-6-2-7-24-58)106-101(105-97)63-43-46-75-85(55-63)109-83-39-18-33-70(90(75)83)73-49-48-72(93-74-31-11-14-38-82(74)112-95(73)93)69-35-20-42-89-92(69)77-36-17-32-66(96(77)114-89)61-27-16-28-62(51-61)100-104-99(59-25-8-3-9-26-59)107-102(108-100)64-44-47-76-86(56-64)110-84-40-19-34-71(91(76)84)80-54-65(53-79-67-29-10-13-37-81(67)111-94(79)80)60-45-50-88-78(52-60)68-30-12-15-41-87(68)113-88/h1-56H. The average Bonchev–Trinajstić information content (AvgIpc) is 1.59. The van der Waals surface area contributed by atoms with E-state index in [0.717, 1.165) is 177 Å². The number of nitrogens with zero attached hydrogens (tertiary/aromatic N) is 6. The maximum atomic E-state index is 7.10. The molecule has 0 saturated heterocycles. The summed E-state index contributed by atoms with van der Waals surface area (Å²) < 4.78 is 32.6. The summed E-state index contributed by atoms with van der Waals surface area (Å²) in [4.78, 5) is 30.9. The highest BCUT2D eigenvalue weighted by atomic mass is 32.1. The molecule has 8 aromatic heterocycles. The maximum Gasteiger partial charge on any atom is 0.164 e. The number of thiophene rings is 2. The fourth-order valence-corrected chi connectivity index (χ4v) is 19.5. The number of benzene rings is 16. The molecule has 0 atom stereocenters. The van der Waals surface area contributed by atoms with Gasteiger partial charge < -0.3 is 17.7 Å². The first-order chi connectivity index (χ1) is 56.4. The molecular formula is C102H56N6O4S2. The second-order valence-corrected chi connectivity index (χ2v) is 31.1. The molecule has 0 radical (unpaired) electrons. The smallest absolute Gasteiger partial charge is 0.164 e. The van der Waals surface area contributed by atoms with Crippen molar-refractivity contribution in [2.24, 2.45) is 0 Å². The van der Waals surface area contributed by atoms with Crippen LogP contribution in [0.25, 0.3) is 252 Å². The Morgan fingerprint density at radius 2 is 0.596 bits per heavy atom. The zero-order valence-corrected chi connectivity index (χ0v) is 62.1. The van der Waals surface area contributed by atoms with Gasteiger partial charge in [0.05, 0.1) is 0 Å². The molecule has 16 aromatic carbocycles. The van der Waals surface area contributed by atoms with Crippen molar-refractivity contribution in [3.05, 3.63) is 340 Å². The minimum Gasteiger partial charge on any atom is -0.456 e. The molecule has 12 heteroatoms. The Labute approximate surface area is 657 Å². The highest BCUT2D eigenvalue weighted by Crippen LogP contribution is 2.52. The van der Waals surface area contributed by atoms with Crippen LogP contribution in [-0.2, 0) is 0 Å². The molecule has 24 aromatic rings. The van der Waals surface area contributed by atoms with Crippen LogP contribution in [0, 0.1) is 0 Å². The van der Waals surface area contributed by atoms with Gasteiger partial charge >= 0.3 is 0 Å². The molecular weight excluding hydrogens is 1440 g/mol. The fourth-order valence-electron chi connectivity index (χ4n) is 17.2. The van der Waals surface area contributed by atoms with Crippen molar-refractivity contribution >= 4 is 151 Å². The van der Waals surface area contributed by atoms with E-state index in [1.54, 1.807) is 0 Å². The van der Waals surface area contributed by atoms with E-state index >= 15 is 0 Å². The van der Waals surface area contributed by atoms with Crippen LogP contribution in [0.4, 0.5) is 0 Å². The van der Waals surface area contributed by atoms with E-state index < -0.39 is 0 Å². The van der Waals surface area contributed by atoms with Crippen molar-refractivity contribution in [3.8, 4) is 124 Å². The lowest BCUT2D eigenvalue weighted by molar-refractivity contribution is 0.668. The van der Waals surface area contributed by atoms with Gasteiger partial charge in [0.25, 0.3) is 0 Å². The van der Waals surface area contributed by atoms with Crippen LogP contribution in [0.2, 0.25) is 0 Å². The molecule has 0 N–H and O–H groups in total. The topological polar surface area (TPSA) is 130 Å². The van der Waals surface area contributed by atoms with Crippen LogP contribution in [0.1, 0.15) is 0 Å². The molecule has 0 unspecified atom stereocenters. The van der Waals surface area contributed by atoms with E-state index in [1.807, 2.05) is 138 Å². The Bertz CT molecular complexity index is 8080. The zero-order valence-electron chi connectivity index (χ0n) is 60.5. The van der Waals surface area contributed by atoms with E-state index in [4.69, 9.17) is 47.6 Å². The predicted molar refractivity (Wildman–Crippen MR) is 468 cm³/mol. The molecule has 114 heavy (non-hydrogen) atoms. The van der Waals surface area contributed by atoms with Crippen LogP contribution in [-0.4, -0.2) is 29.9 Å². The van der Waals surface area contributed by atoms with Gasteiger partial charge in [0, 0.05) is 128 Å². The Morgan fingerprint density at radius 3 is 1.25 bits per heavy atom. The van der Waals surface area contributed by atoms with Crippen molar-refractivity contribution < 1.29 is 17.7 Å². The van der Waals surface area contributed by atoms with Crippen molar-refractivity contribution in [2.45, 2.75) is 0 Å². The molecule has 0 spiro atoms. The van der Waals surface area contributed by atoms with Gasteiger partial charge in [-0.3, -0.25) is 0 Å². The molecule has 0 saturated carbocycles. The first-order valence-electron chi connectivity index (χ1n) is 37.9. The van der Waals surface area contributed by atoms with Crippen LogP contribution in [0.3, 0.4) is 0 Å². The van der Waals surface area contributed by atoms with Crippen molar-refractivity contribution in [1.82, 2.24) is 29.9 Å². The predicted octanol–water partition coefficient (Wildman–Crippen LogP) is 28.7. The quantitative estimate of drug-likeness (QED) is 0.123.